The third-order valence-electron chi connectivity index (χ3n) is 2.95. The summed E-state index contributed by atoms with van der Waals surface area (Å²) < 4.78 is 1.84. The van der Waals surface area contributed by atoms with Crippen LogP contribution in [0.2, 0.25) is 5.02 Å². The topological polar surface area (TPSA) is 62.5 Å². The van der Waals surface area contributed by atoms with E-state index in [2.05, 4.69) is 0 Å². The van der Waals surface area contributed by atoms with E-state index in [1.54, 1.807) is 13.1 Å². The normalized spacial score (nSPS) is 11.4. The van der Waals surface area contributed by atoms with Crippen molar-refractivity contribution in [3.8, 4) is 11.5 Å². The fraction of sp³-hybridized carbons (Fsp3) is 0.308. The highest BCUT2D eigenvalue weighted by Crippen LogP contribution is 2.38. The molecule has 96 valence electrons. The predicted molar refractivity (Wildman–Crippen MR) is 71.7 cm³/mol. The van der Waals surface area contributed by atoms with E-state index in [1.165, 1.54) is 6.07 Å². The van der Waals surface area contributed by atoms with E-state index in [1.807, 2.05) is 18.4 Å². The number of aryl methyl sites for hydroxylation is 1. The smallest absolute Gasteiger partial charge is 0.193 e. The van der Waals surface area contributed by atoms with E-state index in [0.717, 1.165) is 0 Å². The highest BCUT2D eigenvalue weighted by molar-refractivity contribution is 6.37. The van der Waals surface area contributed by atoms with Crippen LogP contribution in [0, 0.1) is 6.92 Å². The number of aromatic hydroxyl groups is 2. The second-order valence-corrected chi connectivity index (χ2v) is 4.97. The van der Waals surface area contributed by atoms with Gasteiger partial charge < -0.3 is 14.8 Å². The van der Waals surface area contributed by atoms with Crippen LogP contribution in [-0.4, -0.2) is 14.8 Å². The number of phenolic OH excluding ortho intramolecular Hbond substituents is 2. The summed E-state index contributed by atoms with van der Waals surface area (Å²) in [6, 6.07) is 1.46. The Morgan fingerprint density at radius 1 is 1.33 bits per heavy atom. The van der Waals surface area contributed by atoms with E-state index in [-0.39, 0.29) is 27.6 Å². The number of rotatable bonds is 1. The van der Waals surface area contributed by atoms with E-state index in [4.69, 9.17) is 11.6 Å². The lowest BCUT2D eigenvalue weighted by molar-refractivity contribution is 0.404. The molecular weight excluding hydrogens is 254 g/mol. The van der Waals surface area contributed by atoms with Crippen LogP contribution >= 0.6 is 11.6 Å². The van der Waals surface area contributed by atoms with Gasteiger partial charge in [0.1, 0.15) is 0 Å². The van der Waals surface area contributed by atoms with Crippen molar-refractivity contribution in [3.63, 3.8) is 0 Å². The van der Waals surface area contributed by atoms with E-state index in [9.17, 15) is 15.0 Å². The number of benzene rings is 1. The standard InChI is InChI=1S/C13H14ClNO3/c1-6(2)15-5-7(3)12(17)10-8(15)4-9(16)13(18)11(10)14/h4-6,16,18H,1-3H3. The number of nitrogens with zero attached hydrogens (tertiary/aromatic N) is 1. The maximum absolute atomic E-state index is 12.1. The Morgan fingerprint density at radius 2 is 1.94 bits per heavy atom. The third-order valence-corrected chi connectivity index (χ3v) is 3.32. The lowest BCUT2D eigenvalue weighted by atomic mass is 10.1. The Labute approximate surface area is 109 Å². The molecule has 0 saturated heterocycles. The molecule has 18 heavy (non-hydrogen) atoms. The summed E-state index contributed by atoms with van der Waals surface area (Å²) in [7, 11) is 0. The first-order valence-corrected chi connectivity index (χ1v) is 5.98. The molecular formula is C13H14ClNO3. The van der Waals surface area contributed by atoms with Gasteiger partial charge in [0.25, 0.3) is 0 Å². The minimum Gasteiger partial charge on any atom is -0.504 e. The highest BCUT2D eigenvalue weighted by Gasteiger charge is 2.17. The average molecular weight is 268 g/mol. The summed E-state index contributed by atoms with van der Waals surface area (Å²) in [5.74, 6) is -0.785. The molecule has 0 bridgehead atoms. The van der Waals surface area contributed by atoms with Gasteiger partial charge in [-0.1, -0.05) is 11.6 Å². The molecule has 0 radical (unpaired) electrons. The van der Waals surface area contributed by atoms with Crippen LogP contribution in [0.3, 0.4) is 0 Å². The van der Waals surface area contributed by atoms with Crippen LogP contribution in [0.5, 0.6) is 11.5 Å². The fourth-order valence-electron chi connectivity index (χ4n) is 1.99. The molecule has 2 rings (SSSR count). The second-order valence-electron chi connectivity index (χ2n) is 4.59. The molecule has 0 amide bonds. The summed E-state index contributed by atoms with van der Waals surface area (Å²) >= 11 is 5.96. The van der Waals surface area contributed by atoms with Crippen molar-refractivity contribution in [1.82, 2.24) is 4.57 Å². The molecule has 4 nitrogen and oxygen atoms in total. The molecule has 1 aromatic carbocycles. The minimum absolute atomic E-state index is 0.104. The van der Waals surface area contributed by atoms with Crippen LogP contribution in [0.25, 0.3) is 10.9 Å². The number of aromatic nitrogens is 1. The highest BCUT2D eigenvalue weighted by atomic mass is 35.5. The van der Waals surface area contributed by atoms with Gasteiger partial charge in [0.2, 0.25) is 0 Å². The number of pyridine rings is 1. The van der Waals surface area contributed by atoms with Gasteiger partial charge >= 0.3 is 0 Å². The number of halogens is 1. The zero-order valence-electron chi connectivity index (χ0n) is 10.4. The Bertz CT molecular complexity index is 689. The van der Waals surface area contributed by atoms with Gasteiger partial charge in [-0.2, -0.15) is 0 Å². The maximum atomic E-state index is 12.1. The SMILES string of the molecule is Cc1cn(C(C)C)c2cc(O)c(O)c(Cl)c2c1=O. The van der Waals surface area contributed by atoms with Crippen molar-refractivity contribution < 1.29 is 10.2 Å². The number of hydrogen-bond acceptors (Lipinski definition) is 3. The predicted octanol–water partition coefficient (Wildman–Crippen LogP) is 2.96. The number of hydrogen-bond donors (Lipinski definition) is 2. The molecule has 0 saturated carbocycles. The van der Waals surface area contributed by atoms with E-state index >= 15 is 0 Å². The van der Waals surface area contributed by atoms with E-state index < -0.39 is 5.75 Å². The zero-order chi connectivity index (χ0) is 13.6. The Balaban J connectivity index is 3.09. The molecule has 0 fully saturated rings. The van der Waals surface area contributed by atoms with Crippen LogP contribution in [0.4, 0.5) is 0 Å². The molecule has 0 atom stereocenters. The van der Waals surface area contributed by atoms with Crippen molar-refractivity contribution in [2.24, 2.45) is 0 Å². The van der Waals surface area contributed by atoms with Crippen LogP contribution in [0.1, 0.15) is 25.5 Å². The second kappa shape index (κ2) is 4.21. The molecule has 2 aromatic rings. The van der Waals surface area contributed by atoms with Crippen molar-refractivity contribution in [1.29, 1.82) is 0 Å². The van der Waals surface area contributed by atoms with Crippen molar-refractivity contribution in [2.45, 2.75) is 26.8 Å². The van der Waals surface area contributed by atoms with Gasteiger partial charge in [0.05, 0.1) is 15.9 Å². The van der Waals surface area contributed by atoms with Crippen LogP contribution in [-0.2, 0) is 0 Å². The summed E-state index contributed by atoms with van der Waals surface area (Å²) in [5.41, 5.74) is 0.825. The summed E-state index contributed by atoms with van der Waals surface area (Å²) in [6.45, 7) is 5.61. The van der Waals surface area contributed by atoms with Crippen molar-refractivity contribution in [3.05, 3.63) is 33.1 Å². The van der Waals surface area contributed by atoms with Crippen LogP contribution < -0.4 is 5.43 Å². The largest absolute Gasteiger partial charge is 0.504 e. The Hall–Kier alpha value is -1.68. The van der Waals surface area contributed by atoms with Gasteiger partial charge in [-0.05, 0) is 20.8 Å². The number of phenols is 2. The molecule has 2 N–H and O–H groups in total. The first-order valence-electron chi connectivity index (χ1n) is 5.60. The summed E-state index contributed by atoms with van der Waals surface area (Å²) in [6.07, 6.45) is 1.72. The molecule has 1 aromatic heterocycles. The van der Waals surface area contributed by atoms with Gasteiger partial charge in [-0.25, -0.2) is 0 Å². The molecule has 0 spiro atoms. The monoisotopic (exact) mass is 267 g/mol. The maximum Gasteiger partial charge on any atom is 0.193 e. The lowest BCUT2D eigenvalue weighted by Gasteiger charge is -2.17. The quantitative estimate of drug-likeness (QED) is 0.781. The number of fused-ring (bicyclic) bond motifs is 1. The molecule has 0 aliphatic carbocycles. The molecule has 0 aliphatic rings. The van der Waals surface area contributed by atoms with Crippen molar-refractivity contribution in [2.75, 3.05) is 0 Å². The summed E-state index contributed by atoms with van der Waals surface area (Å²) in [5, 5.41) is 19.4. The Kier molecular flexibility index (Phi) is 2.99. The third kappa shape index (κ3) is 1.73. The first-order chi connectivity index (χ1) is 8.34. The molecule has 0 unspecified atom stereocenters. The van der Waals surface area contributed by atoms with Gasteiger partial charge in [0, 0.05) is 23.9 Å². The fourth-order valence-corrected chi connectivity index (χ4v) is 2.27. The first kappa shape index (κ1) is 12.8. The molecule has 0 aliphatic heterocycles. The van der Waals surface area contributed by atoms with Crippen molar-refractivity contribution >= 4 is 22.5 Å². The molecule has 5 heteroatoms. The van der Waals surface area contributed by atoms with Crippen LogP contribution in [0.15, 0.2) is 17.1 Å². The lowest BCUT2D eigenvalue weighted by Crippen LogP contribution is -2.14. The van der Waals surface area contributed by atoms with Gasteiger partial charge in [0.15, 0.2) is 16.9 Å². The average Bonchev–Trinajstić information content (AvgIpc) is 2.30. The van der Waals surface area contributed by atoms with E-state index in [0.29, 0.717) is 11.1 Å². The minimum atomic E-state index is -0.456. The van der Waals surface area contributed by atoms with Gasteiger partial charge in [-0.3, -0.25) is 4.79 Å². The van der Waals surface area contributed by atoms with Gasteiger partial charge in [-0.15, -0.1) is 0 Å². The Morgan fingerprint density at radius 3 is 2.50 bits per heavy atom. The summed E-state index contributed by atoms with van der Waals surface area (Å²) in [4.78, 5) is 12.1. The molecule has 1 heterocycles. The zero-order valence-corrected chi connectivity index (χ0v) is 11.1.